The summed E-state index contributed by atoms with van der Waals surface area (Å²) in [5, 5.41) is 0.662. The van der Waals surface area contributed by atoms with Crippen molar-refractivity contribution in [3.05, 3.63) is 29.3 Å². The van der Waals surface area contributed by atoms with E-state index in [0.717, 1.165) is 18.5 Å². The van der Waals surface area contributed by atoms with Crippen molar-refractivity contribution in [2.24, 2.45) is 5.73 Å². The molecule has 1 fully saturated rings. The summed E-state index contributed by atoms with van der Waals surface area (Å²) in [6.45, 7) is 3.32. The minimum Gasteiger partial charge on any atom is -0.364 e. The Hall–Kier alpha value is -1.10. The molecule has 4 nitrogen and oxygen atoms in total. The smallest absolute Gasteiger partial charge is 0.253 e. The van der Waals surface area contributed by atoms with Gasteiger partial charge in [0, 0.05) is 10.7 Å². The fourth-order valence-corrected chi connectivity index (χ4v) is 2.39. The maximum Gasteiger partial charge on any atom is 0.253 e. The molecule has 0 spiro atoms. The average Bonchev–Trinajstić information content (AvgIpc) is 2.41. The van der Waals surface area contributed by atoms with Crippen molar-refractivity contribution in [2.75, 3.05) is 24.6 Å². The number of hydrogen-bond acceptors (Lipinski definition) is 3. The fourth-order valence-electron chi connectivity index (χ4n) is 2.27. The van der Waals surface area contributed by atoms with E-state index in [-0.39, 0.29) is 18.1 Å². The van der Waals surface area contributed by atoms with Crippen LogP contribution >= 0.6 is 11.6 Å². The van der Waals surface area contributed by atoms with Gasteiger partial charge in [0.2, 0.25) is 0 Å². The first-order valence-corrected chi connectivity index (χ1v) is 6.82. The van der Waals surface area contributed by atoms with Crippen LogP contribution in [0, 0.1) is 0 Å². The molecule has 104 valence electrons. The Morgan fingerprint density at radius 3 is 2.74 bits per heavy atom. The van der Waals surface area contributed by atoms with E-state index in [2.05, 4.69) is 0 Å². The third-order valence-corrected chi connectivity index (χ3v) is 3.64. The van der Waals surface area contributed by atoms with Gasteiger partial charge in [-0.25, -0.2) is 0 Å². The summed E-state index contributed by atoms with van der Waals surface area (Å²) in [5.74, 6) is -0.0208. The van der Waals surface area contributed by atoms with Gasteiger partial charge in [-0.2, -0.15) is 0 Å². The Morgan fingerprint density at radius 1 is 1.42 bits per heavy atom. The second-order valence-electron chi connectivity index (χ2n) is 5.09. The van der Waals surface area contributed by atoms with E-state index in [0.29, 0.717) is 18.1 Å². The van der Waals surface area contributed by atoms with Crippen LogP contribution in [-0.4, -0.2) is 31.2 Å². The summed E-state index contributed by atoms with van der Waals surface area (Å²) in [5.41, 5.74) is 6.08. The first kappa shape index (κ1) is 14.3. The standard InChI is InChI=1S/C14H19ClN2O2/c1-14(7-2-8-16)10-17(13(18)9-19-14)12-5-3-11(15)4-6-12/h3-6H,2,7-10,16H2,1H3. The molecule has 1 amide bonds. The molecule has 1 aliphatic rings. The van der Waals surface area contributed by atoms with E-state index in [1.54, 1.807) is 17.0 Å². The van der Waals surface area contributed by atoms with Gasteiger partial charge in [0.1, 0.15) is 6.61 Å². The van der Waals surface area contributed by atoms with Crippen molar-refractivity contribution >= 4 is 23.2 Å². The SMILES string of the molecule is CC1(CCCN)CN(c2ccc(Cl)cc2)C(=O)CO1. The van der Waals surface area contributed by atoms with Crippen LogP contribution in [0.1, 0.15) is 19.8 Å². The van der Waals surface area contributed by atoms with Gasteiger partial charge in [0.15, 0.2) is 0 Å². The highest BCUT2D eigenvalue weighted by Crippen LogP contribution is 2.28. The molecule has 1 heterocycles. The molecule has 0 bridgehead atoms. The van der Waals surface area contributed by atoms with E-state index >= 15 is 0 Å². The topological polar surface area (TPSA) is 55.6 Å². The van der Waals surface area contributed by atoms with E-state index in [4.69, 9.17) is 22.1 Å². The zero-order chi connectivity index (χ0) is 13.9. The highest BCUT2D eigenvalue weighted by molar-refractivity contribution is 6.30. The predicted molar refractivity (Wildman–Crippen MR) is 76.5 cm³/mol. The van der Waals surface area contributed by atoms with E-state index < -0.39 is 0 Å². The van der Waals surface area contributed by atoms with Gasteiger partial charge in [0.25, 0.3) is 5.91 Å². The number of amides is 1. The lowest BCUT2D eigenvalue weighted by Crippen LogP contribution is -2.53. The number of benzene rings is 1. The molecule has 0 radical (unpaired) electrons. The third kappa shape index (κ3) is 3.47. The van der Waals surface area contributed by atoms with Crippen LogP contribution in [0.25, 0.3) is 0 Å². The third-order valence-electron chi connectivity index (χ3n) is 3.39. The molecule has 5 heteroatoms. The Balaban J connectivity index is 2.14. The molecule has 1 saturated heterocycles. The normalized spacial score (nSPS) is 23.7. The minimum atomic E-state index is -0.326. The number of nitrogens with zero attached hydrogens (tertiary/aromatic N) is 1. The molecule has 0 saturated carbocycles. The largest absolute Gasteiger partial charge is 0.364 e. The van der Waals surface area contributed by atoms with E-state index in [1.807, 2.05) is 19.1 Å². The minimum absolute atomic E-state index is 0.0208. The number of hydrogen-bond donors (Lipinski definition) is 1. The highest BCUT2D eigenvalue weighted by Gasteiger charge is 2.36. The van der Waals surface area contributed by atoms with Crippen LogP contribution < -0.4 is 10.6 Å². The average molecular weight is 283 g/mol. The molecule has 0 aliphatic carbocycles. The van der Waals surface area contributed by atoms with Crippen LogP contribution in [0.4, 0.5) is 5.69 Å². The number of anilines is 1. The monoisotopic (exact) mass is 282 g/mol. The molecule has 1 aromatic carbocycles. The van der Waals surface area contributed by atoms with Crippen molar-refractivity contribution in [3.63, 3.8) is 0 Å². The summed E-state index contributed by atoms with van der Waals surface area (Å²) < 4.78 is 5.68. The van der Waals surface area contributed by atoms with Crippen LogP contribution in [0.15, 0.2) is 24.3 Å². The van der Waals surface area contributed by atoms with Gasteiger partial charge in [-0.3, -0.25) is 4.79 Å². The molecular weight excluding hydrogens is 264 g/mol. The molecule has 1 aliphatic heterocycles. The number of carbonyl (C=O) groups excluding carboxylic acids is 1. The zero-order valence-electron chi connectivity index (χ0n) is 11.1. The molecule has 2 N–H and O–H groups in total. The maximum atomic E-state index is 12.0. The Labute approximate surface area is 118 Å². The number of halogens is 1. The molecule has 0 aromatic heterocycles. The van der Waals surface area contributed by atoms with E-state index in [1.165, 1.54) is 0 Å². The molecule has 1 unspecified atom stereocenters. The maximum absolute atomic E-state index is 12.0. The summed E-state index contributed by atoms with van der Waals surface area (Å²) in [4.78, 5) is 13.7. The van der Waals surface area contributed by atoms with Gasteiger partial charge < -0.3 is 15.4 Å². The van der Waals surface area contributed by atoms with Crippen molar-refractivity contribution in [1.29, 1.82) is 0 Å². The van der Waals surface area contributed by atoms with E-state index in [9.17, 15) is 4.79 Å². The fraction of sp³-hybridized carbons (Fsp3) is 0.500. The quantitative estimate of drug-likeness (QED) is 0.921. The molecule has 19 heavy (non-hydrogen) atoms. The lowest BCUT2D eigenvalue weighted by Gasteiger charge is -2.40. The van der Waals surface area contributed by atoms with Gasteiger partial charge in [-0.15, -0.1) is 0 Å². The Bertz CT molecular complexity index is 449. The number of ether oxygens (including phenoxy) is 1. The molecule has 1 aromatic rings. The van der Waals surface area contributed by atoms with Crippen molar-refractivity contribution in [3.8, 4) is 0 Å². The summed E-state index contributed by atoms with van der Waals surface area (Å²) in [6, 6.07) is 7.29. The predicted octanol–water partition coefficient (Wildman–Crippen LogP) is 2.20. The molecular formula is C14H19ClN2O2. The Morgan fingerprint density at radius 2 is 2.11 bits per heavy atom. The Kier molecular flexibility index (Phi) is 4.45. The van der Waals surface area contributed by atoms with Crippen LogP contribution in [0.2, 0.25) is 5.02 Å². The van der Waals surface area contributed by atoms with Gasteiger partial charge in [0.05, 0.1) is 12.1 Å². The molecule has 1 atom stereocenters. The first-order valence-electron chi connectivity index (χ1n) is 6.44. The summed E-state index contributed by atoms with van der Waals surface area (Å²) in [7, 11) is 0. The van der Waals surface area contributed by atoms with Crippen LogP contribution in [0.5, 0.6) is 0 Å². The second-order valence-corrected chi connectivity index (χ2v) is 5.52. The van der Waals surface area contributed by atoms with Crippen LogP contribution in [0.3, 0.4) is 0 Å². The van der Waals surface area contributed by atoms with Crippen molar-refractivity contribution < 1.29 is 9.53 Å². The highest BCUT2D eigenvalue weighted by atomic mass is 35.5. The lowest BCUT2D eigenvalue weighted by atomic mass is 9.97. The zero-order valence-corrected chi connectivity index (χ0v) is 11.8. The summed E-state index contributed by atoms with van der Waals surface area (Å²) >= 11 is 5.87. The molecule has 2 rings (SSSR count). The number of carbonyl (C=O) groups is 1. The second kappa shape index (κ2) is 5.90. The van der Waals surface area contributed by atoms with Gasteiger partial charge >= 0.3 is 0 Å². The van der Waals surface area contributed by atoms with Gasteiger partial charge in [-0.05, 0) is 50.6 Å². The van der Waals surface area contributed by atoms with Crippen molar-refractivity contribution in [2.45, 2.75) is 25.4 Å². The van der Waals surface area contributed by atoms with Crippen molar-refractivity contribution in [1.82, 2.24) is 0 Å². The van der Waals surface area contributed by atoms with Gasteiger partial charge in [-0.1, -0.05) is 11.6 Å². The summed E-state index contributed by atoms with van der Waals surface area (Å²) in [6.07, 6.45) is 1.74. The number of morpholine rings is 1. The number of rotatable bonds is 4. The number of nitrogens with two attached hydrogens (primary N) is 1. The lowest BCUT2D eigenvalue weighted by molar-refractivity contribution is -0.137. The van der Waals surface area contributed by atoms with Crippen LogP contribution in [-0.2, 0) is 9.53 Å². The first-order chi connectivity index (χ1) is 9.04.